The van der Waals surface area contributed by atoms with Crippen LogP contribution in [0.4, 0.5) is 0 Å². The smallest absolute Gasteiger partial charge is 0.306 e. The van der Waals surface area contributed by atoms with Gasteiger partial charge in [0.05, 0.1) is 13.0 Å². The zero-order valence-electron chi connectivity index (χ0n) is 10.3. The third kappa shape index (κ3) is 4.33. The molecule has 0 spiro atoms. The SMILES string of the molecule is CCOC(=O)CCC(=O)[C@H]1CC[C@H](C)CC1. The summed E-state index contributed by atoms with van der Waals surface area (Å²) in [5.74, 6) is 0.958. The molecule has 1 fully saturated rings. The number of carbonyl (C=O) groups is 2. The lowest BCUT2D eigenvalue weighted by Gasteiger charge is -2.24. The Morgan fingerprint density at radius 2 is 1.75 bits per heavy atom. The van der Waals surface area contributed by atoms with Gasteiger partial charge in [0.2, 0.25) is 0 Å². The molecule has 0 aromatic rings. The molecule has 0 saturated heterocycles. The van der Waals surface area contributed by atoms with Crippen molar-refractivity contribution in [2.75, 3.05) is 6.61 Å². The van der Waals surface area contributed by atoms with Crippen LogP contribution in [0.5, 0.6) is 0 Å². The minimum Gasteiger partial charge on any atom is -0.466 e. The molecule has 0 aromatic heterocycles. The Bertz CT molecular complexity index is 240. The summed E-state index contributed by atoms with van der Waals surface area (Å²) < 4.78 is 4.81. The second-order valence-corrected chi connectivity index (χ2v) is 4.73. The van der Waals surface area contributed by atoms with Gasteiger partial charge in [-0.25, -0.2) is 0 Å². The zero-order chi connectivity index (χ0) is 12.0. The highest BCUT2D eigenvalue weighted by molar-refractivity contribution is 5.84. The minimum atomic E-state index is -0.250. The fourth-order valence-electron chi connectivity index (χ4n) is 2.24. The molecule has 0 N–H and O–H groups in total. The average Bonchev–Trinajstić information content (AvgIpc) is 2.27. The van der Waals surface area contributed by atoms with Crippen molar-refractivity contribution in [3.8, 4) is 0 Å². The van der Waals surface area contributed by atoms with Crippen molar-refractivity contribution in [2.45, 2.75) is 52.4 Å². The first kappa shape index (κ1) is 13.2. The van der Waals surface area contributed by atoms with Gasteiger partial charge in [-0.15, -0.1) is 0 Å². The number of carbonyl (C=O) groups excluding carboxylic acids is 2. The number of Topliss-reactive ketones (excluding diaryl/α,β-unsaturated/α-hetero) is 1. The quantitative estimate of drug-likeness (QED) is 0.677. The molecule has 1 rings (SSSR count). The van der Waals surface area contributed by atoms with Crippen molar-refractivity contribution in [2.24, 2.45) is 11.8 Å². The van der Waals surface area contributed by atoms with Crippen LogP contribution in [0.3, 0.4) is 0 Å². The van der Waals surface area contributed by atoms with Crippen LogP contribution in [0.15, 0.2) is 0 Å². The molecule has 1 aliphatic rings. The van der Waals surface area contributed by atoms with Gasteiger partial charge in [-0.3, -0.25) is 9.59 Å². The summed E-state index contributed by atoms with van der Waals surface area (Å²) in [6, 6.07) is 0. The van der Waals surface area contributed by atoms with Crippen LogP contribution < -0.4 is 0 Å². The Labute approximate surface area is 97.5 Å². The molecule has 0 bridgehead atoms. The molecule has 1 saturated carbocycles. The Balaban J connectivity index is 2.22. The molecule has 1 aliphatic carbocycles. The fourth-order valence-corrected chi connectivity index (χ4v) is 2.24. The van der Waals surface area contributed by atoms with E-state index in [1.165, 1.54) is 0 Å². The Morgan fingerprint density at radius 1 is 1.12 bits per heavy atom. The minimum absolute atomic E-state index is 0.200. The highest BCUT2D eigenvalue weighted by Gasteiger charge is 2.24. The second-order valence-electron chi connectivity index (χ2n) is 4.73. The van der Waals surface area contributed by atoms with Crippen molar-refractivity contribution in [1.82, 2.24) is 0 Å². The van der Waals surface area contributed by atoms with E-state index in [9.17, 15) is 9.59 Å². The molecule has 3 nitrogen and oxygen atoms in total. The highest BCUT2D eigenvalue weighted by Crippen LogP contribution is 2.29. The predicted molar refractivity (Wildman–Crippen MR) is 62.0 cm³/mol. The normalized spacial score (nSPS) is 25.1. The lowest BCUT2D eigenvalue weighted by molar-refractivity contribution is -0.144. The summed E-state index contributed by atoms with van der Waals surface area (Å²) in [5, 5.41) is 0. The molecule has 0 unspecified atom stereocenters. The Kier molecular flexibility index (Phi) is 5.50. The topological polar surface area (TPSA) is 43.4 Å². The number of esters is 1. The summed E-state index contributed by atoms with van der Waals surface area (Å²) in [7, 11) is 0. The van der Waals surface area contributed by atoms with Gasteiger partial charge in [0.15, 0.2) is 0 Å². The molecule has 0 radical (unpaired) electrons. The lowest BCUT2D eigenvalue weighted by Crippen LogP contribution is -2.21. The summed E-state index contributed by atoms with van der Waals surface area (Å²) >= 11 is 0. The molecule has 0 aliphatic heterocycles. The maximum Gasteiger partial charge on any atom is 0.306 e. The number of rotatable bonds is 5. The molecule has 92 valence electrons. The fraction of sp³-hybridized carbons (Fsp3) is 0.846. The average molecular weight is 226 g/mol. The van der Waals surface area contributed by atoms with E-state index in [4.69, 9.17) is 4.74 Å². The van der Waals surface area contributed by atoms with Gasteiger partial charge in [0.1, 0.15) is 5.78 Å². The van der Waals surface area contributed by atoms with Crippen LogP contribution in [0, 0.1) is 11.8 Å². The summed E-state index contributed by atoms with van der Waals surface area (Å²) in [5.41, 5.74) is 0. The summed E-state index contributed by atoms with van der Waals surface area (Å²) in [6.45, 7) is 4.41. The second kappa shape index (κ2) is 6.66. The van der Waals surface area contributed by atoms with Crippen LogP contribution in [0.25, 0.3) is 0 Å². The van der Waals surface area contributed by atoms with Crippen LogP contribution in [0.1, 0.15) is 52.4 Å². The van der Waals surface area contributed by atoms with E-state index in [0.717, 1.165) is 31.6 Å². The molecule has 0 atom stereocenters. The number of hydrogen-bond acceptors (Lipinski definition) is 3. The maximum atomic E-state index is 11.8. The van der Waals surface area contributed by atoms with Gasteiger partial charge in [0, 0.05) is 12.3 Å². The van der Waals surface area contributed by atoms with Crippen molar-refractivity contribution in [3.63, 3.8) is 0 Å². The van der Waals surface area contributed by atoms with Gasteiger partial charge in [0.25, 0.3) is 0 Å². The third-order valence-corrected chi connectivity index (χ3v) is 3.35. The maximum absolute atomic E-state index is 11.8. The molecular formula is C13H22O3. The zero-order valence-corrected chi connectivity index (χ0v) is 10.3. The Morgan fingerprint density at radius 3 is 2.31 bits per heavy atom. The molecular weight excluding hydrogens is 204 g/mol. The van der Waals surface area contributed by atoms with Gasteiger partial charge >= 0.3 is 5.97 Å². The van der Waals surface area contributed by atoms with Crippen LogP contribution in [-0.4, -0.2) is 18.4 Å². The first-order valence-corrected chi connectivity index (χ1v) is 6.31. The molecule has 0 aromatic carbocycles. The third-order valence-electron chi connectivity index (χ3n) is 3.35. The van der Waals surface area contributed by atoms with E-state index in [0.29, 0.717) is 13.0 Å². The van der Waals surface area contributed by atoms with Crippen LogP contribution >= 0.6 is 0 Å². The molecule has 0 heterocycles. The van der Waals surface area contributed by atoms with Crippen LogP contribution in [-0.2, 0) is 14.3 Å². The summed E-state index contributed by atoms with van der Waals surface area (Å²) in [6.07, 6.45) is 4.91. The van der Waals surface area contributed by atoms with E-state index in [2.05, 4.69) is 6.92 Å². The van der Waals surface area contributed by atoms with Crippen molar-refractivity contribution in [3.05, 3.63) is 0 Å². The number of ketones is 1. The van der Waals surface area contributed by atoms with E-state index < -0.39 is 0 Å². The van der Waals surface area contributed by atoms with Gasteiger partial charge < -0.3 is 4.74 Å². The number of hydrogen-bond donors (Lipinski definition) is 0. The molecule has 16 heavy (non-hydrogen) atoms. The van der Waals surface area contributed by atoms with E-state index in [-0.39, 0.29) is 24.1 Å². The number of ether oxygens (including phenoxy) is 1. The van der Waals surface area contributed by atoms with E-state index >= 15 is 0 Å². The summed E-state index contributed by atoms with van der Waals surface area (Å²) in [4.78, 5) is 22.9. The van der Waals surface area contributed by atoms with Crippen molar-refractivity contribution in [1.29, 1.82) is 0 Å². The predicted octanol–water partition coefficient (Wildman–Crippen LogP) is 2.73. The van der Waals surface area contributed by atoms with Gasteiger partial charge in [-0.2, -0.15) is 0 Å². The molecule has 0 amide bonds. The first-order valence-electron chi connectivity index (χ1n) is 6.31. The van der Waals surface area contributed by atoms with Crippen molar-refractivity contribution >= 4 is 11.8 Å². The van der Waals surface area contributed by atoms with E-state index in [1.54, 1.807) is 6.92 Å². The van der Waals surface area contributed by atoms with E-state index in [1.807, 2.05) is 0 Å². The largest absolute Gasteiger partial charge is 0.466 e. The lowest BCUT2D eigenvalue weighted by atomic mass is 9.80. The first-order chi connectivity index (χ1) is 7.63. The molecule has 3 heteroatoms. The van der Waals surface area contributed by atoms with Crippen molar-refractivity contribution < 1.29 is 14.3 Å². The standard InChI is InChI=1S/C13H22O3/c1-3-16-13(15)9-8-12(14)11-6-4-10(2)5-7-11/h10-11H,3-9H2,1-2H3/t10-,11-. The van der Waals surface area contributed by atoms with Crippen LogP contribution in [0.2, 0.25) is 0 Å². The highest BCUT2D eigenvalue weighted by atomic mass is 16.5. The van der Waals surface area contributed by atoms with Gasteiger partial charge in [-0.05, 0) is 25.7 Å². The monoisotopic (exact) mass is 226 g/mol. The van der Waals surface area contributed by atoms with Gasteiger partial charge in [-0.1, -0.05) is 19.8 Å². The Hall–Kier alpha value is -0.860.